The minimum absolute atomic E-state index is 0.0533. The van der Waals surface area contributed by atoms with Gasteiger partial charge in [-0.3, -0.25) is 4.79 Å². The molecule has 1 aliphatic rings. The first kappa shape index (κ1) is 14.5. The molecule has 0 spiro atoms. The molecule has 96 valence electrons. The van der Waals surface area contributed by atoms with Gasteiger partial charge in [-0.2, -0.15) is 0 Å². The van der Waals surface area contributed by atoms with Crippen molar-refractivity contribution in [2.45, 2.75) is 62.8 Å². The Balaban J connectivity index is 2.60. The summed E-state index contributed by atoms with van der Waals surface area (Å²) < 4.78 is 0. The molecule has 1 atom stereocenters. The van der Waals surface area contributed by atoms with Crippen molar-refractivity contribution in [2.75, 3.05) is 0 Å². The van der Waals surface area contributed by atoms with E-state index in [4.69, 9.17) is 19.3 Å². The van der Waals surface area contributed by atoms with Crippen molar-refractivity contribution < 1.29 is 9.90 Å². The van der Waals surface area contributed by atoms with E-state index >= 15 is 0 Å². The van der Waals surface area contributed by atoms with Gasteiger partial charge in [-0.25, -0.2) is 0 Å². The number of nitrogens with two attached hydrogens (primary N) is 2. The molecular weight excluding hydrogens is 215 g/mol. The maximum atomic E-state index is 11.4. The van der Waals surface area contributed by atoms with Gasteiger partial charge in [0.15, 0.2) is 0 Å². The molecule has 1 saturated carbocycles. The van der Waals surface area contributed by atoms with Crippen LogP contribution in [0.4, 0.5) is 0 Å². The number of carbonyl (C=O) groups is 1. The van der Waals surface area contributed by atoms with Gasteiger partial charge in [0.1, 0.15) is 5.54 Å². The first-order chi connectivity index (χ1) is 8.00. The number of unbranched alkanes of at least 4 members (excludes halogenated alkanes) is 1. The van der Waals surface area contributed by atoms with E-state index in [9.17, 15) is 9.90 Å². The highest BCUT2D eigenvalue weighted by molar-refractivity contribution is 6.08. The molecule has 17 heavy (non-hydrogen) atoms. The molecule has 0 aromatic carbocycles. The lowest BCUT2D eigenvalue weighted by Crippen LogP contribution is -2.55. The van der Waals surface area contributed by atoms with Crippen LogP contribution in [0.3, 0.4) is 0 Å². The molecular formula is C12H23BN2O2. The van der Waals surface area contributed by atoms with Gasteiger partial charge >= 0.3 is 5.97 Å². The fourth-order valence-corrected chi connectivity index (χ4v) is 2.68. The molecule has 0 bridgehead atoms. The van der Waals surface area contributed by atoms with Crippen LogP contribution >= 0.6 is 0 Å². The van der Waals surface area contributed by atoms with E-state index in [0.717, 1.165) is 38.5 Å². The van der Waals surface area contributed by atoms with Gasteiger partial charge in [0.2, 0.25) is 0 Å². The summed E-state index contributed by atoms with van der Waals surface area (Å²) in [4.78, 5) is 11.4. The van der Waals surface area contributed by atoms with Crippen LogP contribution in [-0.4, -0.2) is 30.5 Å². The predicted octanol–water partition coefficient (Wildman–Crippen LogP) is 1.04. The lowest BCUT2D eigenvalue weighted by Gasteiger charge is -2.37. The third-order valence-corrected chi connectivity index (χ3v) is 3.94. The minimum atomic E-state index is -1.09. The highest BCUT2D eigenvalue weighted by Gasteiger charge is 2.42. The van der Waals surface area contributed by atoms with E-state index in [2.05, 4.69) is 0 Å². The van der Waals surface area contributed by atoms with E-state index in [1.54, 1.807) is 0 Å². The molecule has 1 aliphatic carbocycles. The number of carboxylic acid groups (broad SMARTS) is 1. The highest BCUT2D eigenvalue weighted by Crippen LogP contribution is 2.34. The van der Waals surface area contributed by atoms with Crippen molar-refractivity contribution >= 4 is 13.8 Å². The monoisotopic (exact) mass is 238 g/mol. The predicted molar refractivity (Wildman–Crippen MR) is 68.9 cm³/mol. The van der Waals surface area contributed by atoms with Gasteiger partial charge in [-0.1, -0.05) is 19.2 Å². The third kappa shape index (κ3) is 3.71. The molecule has 0 aliphatic heterocycles. The maximum absolute atomic E-state index is 11.4. The number of aliphatic carboxylic acids is 1. The molecule has 0 heterocycles. The number of hydrogen-bond donors (Lipinski definition) is 3. The van der Waals surface area contributed by atoms with Crippen LogP contribution in [0.2, 0.25) is 6.32 Å². The Morgan fingerprint density at radius 3 is 2.35 bits per heavy atom. The van der Waals surface area contributed by atoms with Crippen LogP contribution in [0.1, 0.15) is 44.9 Å². The zero-order valence-electron chi connectivity index (χ0n) is 10.4. The smallest absolute Gasteiger partial charge is 0.323 e. The summed E-state index contributed by atoms with van der Waals surface area (Å²) in [5.41, 5.74) is 10.9. The Bertz CT molecular complexity index is 255. The summed E-state index contributed by atoms with van der Waals surface area (Å²) in [6.45, 7) is 0. The standard InChI is InChI=1S/C12H23BN2O2/c13-8-2-1-7-12(15,11(16)17)9-3-5-10(14)6-4-9/h9-10H,1-8,14-15H2,(H,16,17). The summed E-state index contributed by atoms with van der Waals surface area (Å²) in [6.07, 6.45) is 6.13. The second-order valence-corrected chi connectivity index (χ2v) is 5.20. The number of rotatable bonds is 6. The first-order valence-electron chi connectivity index (χ1n) is 6.48. The van der Waals surface area contributed by atoms with E-state index in [1.165, 1.54) is 0 Å². The van der Waals surface area contributed by atoms with Crippen LogP contribution < -0.4 is 11.5 Å². The Morgan fingerprint density at radius 1 is 1.29 bits per heavy atom. The molecule has 5 heteroatoms. The minimum Gasteiger partial charge on any atom is -0.480 e. The molecule has 5 N–H and O–H groups in total. The Hall–Kier alpha value is -0.545. The van der Waals surface area contributed by atoms with Crippen LogP contribution in [0, 0.1) is 5.92 Å². The van der Waals surface area contributed by atoms with Crippen molar-refractivity contribution in [2.24, 2.45) is 17.4 Å². The molecule has 4 nitrogen and oxygen atoms in total. The van der Waals surface area contributed by atoms with E-state index in [0.29, 0.717) is 12.7 Å². The van der Waals surface area contributed by atoms with Crippen LogP contribution in [0.15, 0.2) is 0 Å². The van der Waals surface area contributed by atoms with Crippen LogP contribution in [0.5, 0.6) is 0 Å². The van der Waals surface area contributed by atoms with Gasteiger partial charge in [0, 0.05) is 6.04 Å². The van der Waals surface area contributed by atoms with Gasteiger partial charge in [-0.05, 0) is 38.0 Å². The molecule has 1 fully saturated rings. The lowest BCUT2D eigenvalue weighted by atomic mass is 9.71. The van der Waals surface area contributed by atoms with Crippen molar-refractivity contribution in [3.05, 3.63) is 0 Å². The normalized spacial score (nSPS) is 28.6. The molecule has 0 saturated heterocycles. The van der Waals surface area contributed by atoms with E-state index < -0.39 is 11.5 Å². The molecule has 0 amide bonds. The van der Waals surface area contributed by atoms with Gasteiger partial charge < -0.3 is 16.6 Å². The molecule has 0 aromatic heterocycles. The van der Waals surface area contributed by atoms with Crippen LogP contribution in [0.25, 0.3) is 0 Å². The zero-order chi connectivity index (χ0) is 12.9. The lowest BCUT2D eigenvalue weighted by molar-refractivity contribution is -0.146. The van der Waals surface area contributed by atoms with Gasteiger partial charge in [0.25, 0.3) is 0 Å². The topological polar surface area (TPSA) is 89.3 Å². The van der Waals surface area contributed by atoms with Crippen molar-refractivity contribution in [3.63, 3.8) is 0 Å². The Morgan fingerprint density at radius 2 is 1.88 bits per heavy atom. The zero-order valence-corrected chi connectivity index (χ0v) is 10.4. The average molecular weight is 238 g/mol. The van der Waals surface area contributed by atoms with Crippen molar-refractivity contribution in [3.8, 4) is 0 Å². The summed E-state index contributed by atoms with van der Waals surface area (Å²) in [6, 6.07) is 0.216. The summed E-state index contributed by atoms with van der Waals surface area (Å²) in [5.74, 6) is -0.826. The Kier molecular flexibility index (Phi) is 5.47. The fraction of sp³-hybridized carbons (Fsp3) is 0.917. The van der Waals surface area contributed by atoms with E-state index in [-0.39, 0.29) is 12.0 Å². The second kappa shape index (κ2) is 6.40. The molecule has 1 unspecified atom stereocenters. The molecule has 1 rings (SSSR count). The van der Waals surface area contributed by atoms with Gasteiger partial charge in [0.05, 0.1) is 7.85 Å². The SMILES string of the molecule is [B]CCCCC(N)(C(=O)O)C1CCC(N)CC1. The molecule has 2 radical (unpaired) electrons. The number of carboxylic acids is 1. The average Bonchev–Trinajstić information content (AvgIpc) is 2.29. The third-order valence-electron chi connectivity index (χ3n) is 3.94. The first-order valence-corrected chi connectivity index (χ1v) is 6.48. The number of hydrogen-bond acceptors (Lipinski definition) is 3. The largest absolute Gasteiger partial charge is 0.480 e. The molecule has 0 aromatic rings. The van der Waals surface area contributed by atoms with Gasteiger partial charge in [-0.15, -0.1) is 0 Å². The van der Waals surface area contributed by atoms with E-state index in [1.807, 2.05) is 0 Å². The second-order valence-electron chi connectivity index (χ2n) is 5.20. The highest BCUT2D eigenvalue weighted by atomic mass is 16.4. The summed E-state index contributed by atoms with van der Waals surface area (Å²) >= 11 is 0. The maximum Gasteiger partial charge on any atom is 0.323 e. The Labute approximate surface area is 105 Å². The van der Waals surface area contributed by atoms with Crippen molar-refractivity contribution in [1.29, 1.82) is 0 Å². The fourth-order valence-electron chi connectivity index (χ4n) is 2.68. The van der Waals surface area contributed by atoms with Crippen LogP contribution in [-0.2, 0) is 4.79 Å². The quantitative estimate of drug-likeness (QED) is 0.476. The van der Waals surface area contributed by atoms with Crippen molar-refractivity contribution in [1.82, 2.24) is 0 Å². The summed E-state index contributed by atoms with van der Waals surface area (Å²) in [5, 5.41) is 9.36. The summed E-state index contributed by atoms with van der Waals surface area (Å²) in [7, 11) is 5.43.